The van der Waals surface area contributed by atoms with Crippen molar-refractivity contribution in [3.05, 3.63) is 131 Å². The number of hydrogen-bond donors (Lipinski definition) is 1. The molecule has 0 radical (unpaired) electrons. The molecule has 0 aliphatic rings. The van der Waals surface area contributed by atoms with Gasteiger partial charge in [0.05, 0.1) is 10.6 Å². The van der Waals surface area contributed by atoms with Crippen LogP contribution in [0.25, 0.3) is 0 Å². The molecule has 4 aromatic carbocycles. The van der Waals surface area contributed by atoms with Crippen molar-refractivity contribution in [3.63, 3.8) is 0 Å². The summed E-state index contributed by atoms with van der Waals surface area (Å²) in [6, 6.07) is 30.9. The van der Waals surface area contributed by atoms with E-state index in [0.717, 1.165) is 21.9 Å². The summed E-state index contributed by atoms with van der Waals surface area (Å²) in [6.45, 7) is 3.84. The lowest BCUT2D eigenvalue weighted by Crippen LogP contribution is -2.53. The molecule has 0 spiro atoms. The lowest BCUT2D eigenvalue weighted by Gasteiger charge is -2.34. The van der Waals surface area contributed by atoms with Crippen LogP contribution >= 0.6 is 11.6 Å². The number of amides is 2. The first-order chi connectivity index (χ1) is 21.3. The highest BCUT2D eigenvalue weighted by Crippen LogP contribution is 2.29. The molecule has 4 rings (SSSR count). The van der Waals surface area contributed by atoms with Crippen LogP contribution in [0.2, 0.25) is 5.02 Å². The van der Waals surface area contributed by atoms with Crippen molar-refractivity contribution in [2.45, 2.75) is 50.6 Å². The van der Waals surface area contributed by atoms with Gasteiger partial charge in [0.2, 0.25) is 11.8 Å². The molecule has 0 aliphatic heterocycles. The van der Waals surface area contributed by atoms with Crippen molar-refractivity contribution in [1.29, 1.82) is 0 Å². The first-order valence-electron chi connectivity index (χ1n) is 14.8. The highest BCUT2D eigenvalue weighted by Gasteiger charge is 2.35. The molecular weight excluding hydrogens is 594 g/mol. The summed E-state index contributed by atoms with van der Waals surface area (Å²) in [6.07, 6.45) is 1.52. The average Bonchev–Trinajstić information content (AvgIpc) is 3.05. The van der Waals surface area contributed by atoms with Gasteiger partial charge in [0, 0.05) is 24.5 Å². The molecule has 0 fully saturated rings. The summed E-state index contributed by atoms with van der Waals surface area (Å²) in [7, 11) is -4.16. The molecule has 0 aliphatic carbocycles. The topological polar surface area (TPSA) is 86.8 Å². The Morgan fingerprint density at radius 2 is 1.39 bits per heavy atom. The van der Waals surface area contributed by atoms with E-state index in [4.69, 9.17) is 11.6 Å². The van der Waals surface area contributed by atoms with E-state index in [0.29, 0.717) is 29.2 Å². The van der Waals surface area contributed by atoms with Crippen LogP contribution in [0, 0.1) is 0 Å². The largest absolute Gasteiger partial charge is 0.354 e. The SMILES string of the molecule is CCCNC(=O)C(Cc1ccccc1)N(Cc1ccccc1Cl)C(=O)CN(c1ccccc1CC)S(=O)(=O)c1ccccc1. The first-order valence-corrected chi connectivity index (χ1v) is 16.6. The lowest BCUT2D eigenvalue weighted by molar-refractivity contribution is -0.140. The van der Waals surface area contributed by atoms with Crippen LogP contribution < -0.4 is 9.62 Å². The fraction of sp³-hybridized carbons (Fsp3) is 0.257. The van der Waals surface area contributed by atoms with E-state index in [9.17, 15) is 18.0 Å². The summed E-state index contributed by atoms with van der Waals surface area (Å²) in [5, 5.41) is 3.40. The second-order valence-corrected chi connectivity index (χ2v) is 12.7. The van der Waals surface area contributed by atoms with Gasteiger partial charge in [-0.3, -0.25) is 13.9 Å². The normalized spacial score (nSPS) is 11.9. The van der Waals surface area contributed by atoms with Crippen LogP contribution in [0.5, 0.6) is 0 Å². The van der Waals surface area contributed by atoms with E-state index in [1.807, 2.05) is 62.4 Å². The third kappa shape index (κ3) is 8.07. The molecule has 0 bridgehead atoms. The number of para-hydroxylation sites is 1. The summed E-state index contributed by atoms with van der Waals surface area (Å²) < 4.78 is 29.5. The predicted octanol–water partition coefficient (Wildman–Crippen LogP) is 6.26. The number of anilines is 1. The minimum Gasteiger partial charge on any atom is -0.354 e. The van der Waals surface area contributed by atoms with E-state index < -0.39 is 28.5 Å². The van der Waals surface area contributed by atoms with Crippen molar-refractivity contribution in [2.75, 3.05) is 17.4 Å². The van der Waals surface area contributed by atoms with Gasteiger partial charge in [-0.05, 0) is 53.8 Å². The number of halogens is 1. The molecule has 44 heavy (non-hydrogen) atoms. The highest BCUT2D eigenvalue weighted by atomic mass is 35.5. The molecular formula is C35H38ClN3O4S. The Morgan fingerprint density at radius 3 is 2.02 bits per heavy atom. The van der Waals surface area contributed by atoms with Gasteiger partial charge in [-0.25, -0.2) is 8.42 Å². The summed E-state index contributed by atoms with van der Waals surface area (Å²) >= 11 is 6.55. The molecule has 7 nitrogen and oxygen atoms in total. The quantitative estimate of drug-likeness (QED) is 0.178. The van der Waals surface area contributed by atoms with Gasteiger partial charge in [-0.2, -0.15) is 0 Å². The van der Waals surface area contributed by atoms with Crippen LogP contribution in [-0.2, 0) is 39.0 Å². The van der Waals surface area contributed by atoms with Crippen molar-refractivity contribution in [2.24, 2.45) is 0 Å². The van der Waals surface area contributed by atoms with E-state index >= 15 is 0 Å². The van der Waals surface area contributed by atoms with Crippen LogP contribution in [0.4, 0.5) is 5.69 Å². The van der Waals surface area contributed by atoms with E-state index in [2.05, 4.69) is 5.32 Å². The van der Waals surface area contributed by atoms with Gasteiger partial charge in [0.15, 0.2) is 0 Å². The first kappa shape index (κ1) is 32.8. The smallest absolute Gasteiger partial charge is 0.264 e. The maximum Gasteiger partial charge on any atom is 0.264 e. The molecule has 0 heterocycles. The van der Waals surface area contributed by atoms with Gasteiger partial charge in [0.25, 0.3) is 10.0 Å². The molecule has 1 N–H and O–H groups in total. The van der Waals surface area contributed by atoms with E-state index in [-0.39, 0.29) is 23.8 Å². The zero-order valence-corrected chi connectivity index (χ0v) is 26.6. The average molecular weight is 632 g/mol. The number of carbonyl (C=O) groups is 2. The molecule has 1 atom stereocenters. The van der Waals surface area contributed by atoms with Crippen molar-refractivity contribution < 1.29 is 18.0 Å². The second-order valence-electron chi connectivity index (χ2n) is 10.4. The number of hydrogen-bond acceptors (Lipinski definition) is 4. The number of nitrogens with zero attached hydrogens (tertiary/aromatic N) is 2. The molecule has 230 valence electrons. The number of nitrogens with one attached hydrogen (secondary N) is 1. The zero-order valence-electron chi connectivity index (χ0n) is 25.0. The molecule has 4 aromatic rings. The van der Waals surface area contributed by atoms with Gasteiger partial charge in [-0.15, -0.1) is 0 Å². The summed E-state index contributed by atoms with van der Waals surface area (Å²) in [5.74, 6) is -0.842. The van der Waals surface area contributed by atoms with Crippen molar-refractivity contribution in [1.82, 2.24) is 10.2 Å². The van der Waals surface area contributed by atoms with Gasteiger partial charge < -0.3 is 10.2 Å². The minimum absolute atomic E-state index is 0.0181. The maximum absolute atomic E-state index is 14.5. The Hall–Kier alpha value is -4.14. The van der Waals surface area contributed by atoms with Crippen LogP contribution in [0.15, 0.2) is 114 Å². The predicted molar refractivity (Wildman–Crippen MR) is 176 cm³/mol. The molecule has 0 aromatic heterocycles. The third-order valence-corrected chi connectivity index (χ3v) is 9.51. The van der Waals surface area contributed by atoms with Crippen LogP contribution in [0.1, 0.15) is 37.0 Å². The minimum atomic E-state index is -4.16. The van der Waals surface area contributed by atoms with Gasteiger partial charge >= 0.3 is 0 Å². The number of aryl methyl sites for hydroxylation is 1. The van der Waals surface area contributed by atoms with Gasteiger partial charge in [0.1, 0.15) is 12.6 Å². The Labute approximate surface area is 265 Å². The summed E-state index contributed by atoms with van der Waals surface area (Å²) in [4.78, 5) is 29.8. The van der Waals surface area contributed by atoms with Crippen molar-refractivity contribution >= 4 is 39.1 Å². The van der Waals surface area contributed by atoms with Gasteiger partial charge in [-0.1, -0.05) is 110 Å². The van der Waals surface area contributed by atoms with Crippen molar-refractivity contribution in [3.8, 4) is 0 Å². The van der Waals surface area contributed by atoms with Crippen LogP contribution in [0.3, 0.4) is 0 Å². The highest BCUT2D eigenvalue weighted by molar-refractivity contribution is 7.92. The lowest BCUT2D eigenvalue weighted by atomic mass is 10.0. The number of carbonyl (C=O) groups excluding carboxylic acids is 2. The third-order valence-electron chi connectivity index (χ3n) is 7.37. The summed E-state index contributed by atoms with van der Waals surface area (Å²) in [5.41, 5.74) is 2.71. The van der Waals surface area contributed by atoms with Crippen LogP contribution in [-0.4, -0.2) is 44.3 Å². The fourth-order valence-electron chi connectivity index (χ4n) is 5.02. The maximum atomic E-state index is 14.5. The Bertz CT molecular complexity index is 1650. The molecule has 9 heteroatoms. The Morgan fingerprint density at radius 1 is 0.795 bits per heavy atom. The molecule has 0 saturated carbocycles. The molecule has 1 unspecified atom stereocenters. The molecule has 0 saturated heterocycles. The second kappa shape index (κ2) is 15.5. The van der Waals surface area contributed by atoms with E-state index in [1.54, 1.807) is 48.5 Å². The zero-order chi connectivity index (χ0) is 31.5. The molecule has 2 amide bonds. The number of sulfonamides is 1. The number of benzene rings is 4. The Kier molecular flexibility index (Phi) is 11.6. The number of rotatable bonds is 14. The Balaban J connectivity index is 1.82. The monoisotopic (exact) mass is 631 g/mol. The standard InChI is InChI=1S/C35H38ClN3O4S/c1-3-23-37-35(41)33(24-27-15-7-5-8-16-27)38(25-29-18-11-13-21-31(29)36)34(40)26-39(32-22-14-12-17-28(32)4-2)44(42,43)30-19-9-6-10-20-30/h5-22,33H,3-4,23-26H2,1-2H3,(H,37,41). The van der Waals surface area contributed by atoms with E-state index in [1.165, 1.54) is 17.0 Å². The fourth-order valence-corrected chi connectivity index (χ4v) is 6.68.